The van der Waals surface area contributed by atoms with Crippen molar-refractivity contribution in [2.24, 2.45) is 0 Å². The maximum atomic E-state index is 13.6. The van der Waals surface area contributed by atoms with Crippen LogP contribution in [-0.4, -0.2) is 69.0 Å². The quantitative estimate of drug-likeness (QED) is 0.350. The van der Waals surface area contributed by atoms with Gasteiger partial charge < -0.3 is 15.0 Å². The van der Waals surface area contributed by atoms with E-state index in [9.17, 15) is 22.4 Å². The highest BCUT2D eigenvalue weighted by Gasteiger charge is 2.31. The number of amides is 2. The number of carbonyl (C=O) groups excluding carboxylic acids is 2. The molecule has 0 unspecified atom stereocenters. The fourth-order valence-corrected chi connectivity index (χ4v) is 4.32. The van der Waals surface area contributed by atoms with Crippen LogP contribution in [0.25, 0.3) is 0 Å². The van der Waals surface area contributed by atoms with Crippen molar-refractivity contribution < 1.29 is 27.1 Å². The zero-order chi connectivity index (χ0) is 28.4. The van der Waals surface area contributed by atoms with E-state index >= 15 is 0 Å². The molecule has 0 aliphatic heterocycles. The van der Waals surface area contributed by atoms with Crippen molar-refractivity contribution in [1.82, 2.24) is 14.5 Å². The second kappa shape index (κ2) is 13.9. The van der Waals surface area contributed by atoms with Crippen LogP contribution in [0.1, 0.15) is 16.7 Å². The van der Waals surface area contributed by atoms with E-state index in [1.165, 1.54) is 36.2 Å². The number of benzene rings is 3. The molecule has 0 saturated heterocycles. The van der Waals surface area contributed by atoms with Gasteiger partial charge in [0.05, 0.1) is 19.9 Å². The summed E-state index contributed by atoms with van der Waals surface area (Å²) < 4.78 is 43.7. The highest BCUT2D eigenvalue weighted by molar-refractivity contribution is 7.88. The normalized spacial score (nSPS) is 12.1. The average molecular weight is 556 g/mol. The van der Waals surface area contributed by atoms with Gasteiger partial charge in [-0.15, -0.1) is 0 Å². The topological polar surface area (TPSA) is 96.0 Å². The lowest BCUT2D eigenvalue weighted by Gasteiger charge is -2.32. The van der Waals surface area contributed by atoms with Crippen molar-refractivity contribution in [1.29, 1.82) is 0 Å². The number of likely N-dealkylation sites (N-methyl/N-ethyl adjacent to an activating group) is 1. The molecule has 1 N–H and O–H groups in total. The second-order valence-electron chi connectivity index (χ2n) is 9.26. The van der Waals surface area contributed by atoms with Gasteiger partial charge in [0.1, 0.15) is 17.6 Å². The van der Waals surface area contributed by atoms with Gasteiger partial charge in [-0.3, -0.25) is 9.59 Å². The van der Waals surface area contributed by atoms with Crippen molar-refractivity contribution in [3.8, 4) is 5.75 Å². The van der Waals surface area contributed by atoms with Crippen molar-refractivity contribution >= 4 is 21.8 Å². The molecule has 3 rings (SSSR count). The first-order valence-corrected chi connectivity index (χ1v) is 14.3. The minimum atomic E-state index is -3.64. The molecular formula is C29H34FN3O5S. The molecule has 2 amide bonds. The number of nitrogens with zero attached hydrogens (tertiary/aromatic N) is 2. The third-order valence-electron chi connectivity index (χ3n) is 6.33. The Hall–Kier alpha value is -3.76. The number of sulfonamides is 1. The fraction of sp³-hybridized carbons (Fsp3) is 0.310. The van der Waals surface area contributed by atoms with Gasteiger partial charge in [-0.05, 0) is 47.4 Å². The number of methoxy groups -OCH3 is 1. The van der Waals surface area contributed by atoms with Crippen LogP contribution in [0.4, 0.5) is 4.39 Å². The van der Waals surface area contributed by atoms with Crippen LogP contribution in [0.3, 0.4) is 0 Å². The fourth-order valence-electron chi connectivity index (χ4n) is 3.98. The monoisotopic (exact) mass is 555 g/mol. The Kier molecular flexibility index (Phi) is 10.6. The van der Waals surface area contributed by atoms with Gasteiger partial charge in [0.15, 0.2) is 0 Å². The van der Waals surface area contributed by atoms with Crippen LogP contribution in [0.5, 0.6) is 5.75 Å². The Morgan fingerprint density at radius 3 is 2.13 bits per heavy atom. The zero-order valence-corrected chi connectivity index (χ0v) is 23.2. The number of halogens is 1. The van der Waals surface area contributed by atoms with E-state index in [1.54, 1.807) is 7.11 Å². The summed E-state index contributed by atoms with van der Waals surface area (Å²) in [5.41, 5.74) is 2.45. The van der Waals surface area contributed by atoms with E-state index in [4.69, 9.17) is 4.74 Å². The van der Waals surface area contributed by atoms with E-state index in [0.29, 0.717) is 18.5 Å². The summed E-state index contributed by atoms with van der Waals surface area (Å²) in [6.45, 7) is -0.108. The van der Waals surface area contributed by atoms with Gasteiger partial charge in [-0.1, -0.05) is 54.6 Å². The lowest BCUT2D eigenvalue weighted by Crippen LogP contribution is -2.53. The molecule has 39 heavy (non-hydrogen) atoms. The summed E-state index contributed by atoms with van der Waals surface area (Å²) in [6.07, 6.45) is 1.79. The van der Waals surface area contributed by atoms with Crippen LogP contribution < -0.4 is 10.1 Å². The molecule has 0 radical (unpaired) electrons. The summed E-state index contributed by atoms with van der Waals surface area (Å²) in [5.74, 6) is -0.603. The van der Waals surface area contributed by atoms with Crippen LogP contribution in [-0.2, 0) is 39.0 Å². The lowest BCUT2D eigenvalue weighted by atomic mass is 10.0. The maximum Gasteiger partial charge on any atom is 0.243 e. The van der Waals surface area contributed by atoms with Crippen LogP contribution in [0.2, 0.25) is 0 Å². The van der Waals surface area contributed by atoms with E-state index in [2.05, 4.69) is 5.32 Å². The predicted octanol–water partition coefficient (Wildman–Crippen LogP) is 3.02. The number of nitrogens with one attached hydrogen (secondary N) is 1. The Bertz CT molecular complexity index is 1330. The van der Waals surface area contributed by atoms with E-state index in [0.717, 1.165) is 27.4 Å². The predicted molar refractivity (Wildman–Crippen MR) is 148 cm³/mol. The summed E-state index contributed by atoms with van der Waals surface area (Å²) >= 11 is 0. The van der Waals surface area contributed by atoms with Gasteiger partial charge in [0.25, 0.3) is 0 Å². The molecule has 0 bridgehead atoms. The van der Waals surface area contributed by atoms with Crippen molar-refractivity contribution in [2.75, 3.05) is 33.5 Å². The molecule has 0 heterocycles. The molecule has 0 fully saturated rings. The molecule has 3 aromatic rings. The number of hydrogen-bond donors (Lipinski definition) is 1. The average Bonchev–Trinajstić information content (AvgIpc) is 2.92. The van der Waals surface area contributed by atoms with Crippen LogP contribution in [0.15, 0.2) is 78.9 Å². The largest absolute Gasteiger partial charge is 0.497 e. The van der Waals surface area contributed by atoms with Crippen molar-refractivity contribution in [3.63, 3.8) is 0 Å². The number of rotatable bonds is 13. The molecule has 0 aromatic heterocycles. The van der Waals surface area contributed by atoms with Gasteiger partial charge in [0, 0.05) is 26.6 Å². The smallest absolute Gasteiger partial charge is 0.243 e. The highest BCUT2D eigenvalue weighted by atomic mass is 32.2. The van der Waals surface area contributed by atoms with Crippen molar-refractivity contribution in [3.05, 3.63) is 101 Å². The van der Waals surface area contributed by atoms with E-state index in [-0.39, 0.29) is 18.9 Å². The third kappa shape index (κ3) is 9.19. The third-order valence-corrected chi connectivity index (χ3v) is 7.59. The summed E-state index contributed by atoms with van der Waals surface area (Å²) in [7, 11) is -0.736. The summed E-state index contributed by atoms with van der Waals surface area (Å²) in [4.78, 5) is 28.5. The lowest BCUT2D eigenvalue weighted by molar-refractivity contribution is -0.141. The van der Waals surface area contributed by atoms with Gasteiger partial charge in [0.2, 0.25) is 21.8 Å². The molecule has 10 heteroatoms. The van der Waals surface area contributed by atoms with Gasteiger partial charge in [-0.25, -0.2) is 12.8 Å². The highest BCUT2D eigenvalue weighted by Crippen LogP contribution is 2.17. The van der Waals surface area contributed by atoms with E-state index in [1.807, 2.05) is 54.6 Å². The molecule has 0 spiro atoms. The first-order chi connectivity index (χ1) is 18.6. The molecule has 8 nitrogen and oxygen atoms in total. The second-order valence-corrected chi connectivity index (χ2v) is 11.4. The van der Waals surface area contributed by atoms with E-state index < -0.39 is 34.3 Å². The first kappa shape index (κ1) is 29.8. The van der Waals surface area contributed by atoms with Crippen molar-refractivity contribution in [2.45, 2.75) is 25.4 Å². The first-order valence-electron chi connectivity index (χ1n) is 12.5. The summed E-state index contributed by atoms with van der Waals surface area (Å²) in [6, 6.07) is 21.5. The standard InChI is InChI=1S/C29H34FN3O5S/c1-32(39(3,36)37)21-28(34)33(20-24-9-13-25(30)14-10-24)27(19-23-7-5-4-6-8-23)29(35)31-18-17-22-11-15-26(38-2)16-12-22/h4-16,27H,17-21H2,1-3H3,(H,31,35)/t27-/m1/s1. The Morgan fingerprint density at radius 1 is 0.923 bits per heavy atom. The molecule has 3 aromatic carbocycles. The molecule has 0 aliphatic rings. The minimum absolute atomic E-state index is 0.000114. The van der Waals surface area contributed by atoms with Crippen LogP contribution in [0, 0.1) is 5.82 Å². The molecule has 208 valence electrons. The van der Waals surface area contributed by atoms with Crippen LogP contribution >= 0.6 is 0 Å². The van der Waals surface area contributed by atoms with Gasteiger partial charge >= 0.3 is 0 Å². The Labute approximate surface area is 229 Å². The Morgan fingerprint density at radius 2 is 1.54 bits per heavy atom. The molecule has 1 atom stereocenters. The Balaban J connectivity index is 1.87. The zero-order valence-electron chi connectivity index (χ0n) is 22.3. The maximum absolute atomic E-state index is 13.6. The number of carbonyl (C=O) groups is 2. The number of ether oxygens (including phenoxy) is 1. The summed E-state index contributed by atoms with van der Waals surface area (Å²) in [5, 5.41) is 2.94. The minimum Gasteiger partial charge on any atom is -0.497 e. The molecular weight excluding hydrogens is 521 g/mol. The molecule has 0 aliphatic carbocycles. The van der Waals surface area contributed by atoms with Gasteiger partial charge in [-0.2, -0.15) is 4.31 Å². The number of hydrogen-bond acceptors (Lipinski definition) is 5. The SMILES string of the molecule is COc1ccc(CCNC(=O)[C@@H](Cc2ccccc2)N(Cc2ccc(F)cc2)C(=O)CN(C)S(C)(=O)=O)cc1. The molecule has 0 saturated carbocycles.